The molecule has 210 valence electrons. The quantitative estimate of drug-likeness (QED) is 0.362. The lowest BCUT2D eigenvalue weighted by Gasteiger charge is -2.33. The van der Waals surface area contributed by atoms with E-state index in [0.29, 0.717) is 44.6 Å². The van der Waals surface area contributed by atoms with Gasteiger partial charge in [-0.05, 0) is 50.6 Å². The van der Waals surface area contributed by atoms with Crippen molar-refractivity contribution in [3.63, 3.8) is 0 Å². The summed E-state index contributed by atoms with van der Waals surface area (Å²) in [4.78, 5) is 42.0. The monoisotopic (exact) mass is 553 g/mol. The van der Waals surface area contributed by atoms with Gasteiger partial charge in [0, 0.05) is 68.0 Å². The number of piperidine rings is 1. The van der Waals surface area contributed by atoms with Crippen molar-refractivity contribution in [3.8, 4) is 0 Å². The number of aliphatic hydroxyl groups is 1. The van der Waals surface area contributed by atoms with Gasteiger partial charge in [0.1, 0.15) is 0 Å². The molecule has 4 atom stereocenters. The van der Waals surface area contributed by atoms with Crippen LogP contribution in [-0.2, 0) is 32.9 Å². The second kappa shape index (κ2) is 10.6. The molecule has 2 amide bonds. The number of aromatic nitrogens is 3. The van der Waals surface area contributed by atoms with Gasteiger partial charge in [-0.3, -0.25) is 14.3 Å². The van der Waals surface area contributed by atoms with Gasteiger partial charge in [0.05, 0.1) is 17.5 Å². The number of aliphatic hydroxyl groups excluding tert-OH is 1. The highest BCUT2D eigenvalue weighted by molar-refractivity contribution is 6.71. The van der Waals surface area contributed by atoms with Crippen LogP contribution >= 0.6 is 0 Å². The first-order chi connectivity index (χ1) is 18.6. The molecule has 1 spiro atoms. The Labute approximate surface area is 230 Å². The van der Waals surface area contributed by atoms with E-state index in [-0.39, 0.29) is 36.0 Å². The zero-order chi connectivity index (χ0) is 27.9. The minimum atomic E-state index is -2.80. The summed E-state index contributed by atoms with van der Waals surface area (Å²) in [7, 11) is -2.80. The summed E-state index contributed by atoms with van der Waals surface area (Å²) in [6, 6.07) is 5.79. The third kappa shape index (κ3) is 4.75. The highest BCUT2D eigenvalue weighted by atomic mass is 28.4. The number of hydrogen-bond donors (Lipinski definition) is 2. The second-order valence-electron chi connectivity index (χ2n) is 11.5. The molecule has 4 heterocycles. The maximum Gasteiger partial charge on any atom is 0.264 e. The molecule has 3 aliphatic heterocycles. The predicted octanol–water partition coefficient (Wildman–Crippen LogP) is 2.75. The number of carbonyl (C=O) groups is 2. The van der Waals surface area contributed by atoms with Gasteiger partial charge in [-0.1, -0.05) is 18.2 Å². The summed E-state index contributed by atoms with van der Waals surface area (Å²) in [5.74, 6) is -0.344. The van der Waals surface area contributed by atoms with Gasteiger partial charge in [-0.15, -0.1) is 11.7 Å². The number of benzene rings is 1. The number of rotatable bonds is 9. The van der Waals surface area contributed by atoms with Gasteiger partial charge in [-0.2, -0.15) is 0 Å². The normalized spacial score (nSPS) is 27.1. The van der Waals surface area contributed by atoms with E-state index in [2.05, 4.69) is 16.9 Å². The molecule has 3 aliphatic rings. The Kier molecular flexibility index (Phi) is 7.53. The second-order valence-corrected chi connectivity index (χ2v) is 15.5. The molecular formula is C28H39N5O5Si. The van der Waals surface area contributed by atoms with Crippen LogP contribution < -0.4 is 9.80 Å². The van der Waals surface area contributed by atoms with Crippen molar-refractivity contribution < 1.29 is 24.2 Å². The first-order valence-corrected chi connectivity index (χ1v) is 16.9. The van der Waals surface area contributed by atoms with E-state index in [9.17, 15) is 19.5 Å². The molecule has 2 N–H and O–H groups in total. The molecule has 1 aromatic heterocycles. The highest BCUT2D eigenvalue weighted by Crippen LogP contribution is 2.60. The largest absolute Gasteiger partial charge is 0.432 e. The van der Waals surface area contributed by atoms with Crippen LogP contribution in [0.5, 0.6) is 0 Å². The van der Waals surface area contributed by atoms with E-state index in [0.717, 1.165) is 29.8 Å². The number of anilines is 2. The van der Waals surface area contributed by atoms with E-state index >= 15 is 0 Å². The van der Waals surface area contributed by atoms with Crippen LogP contribution in [0.15, 0.2) is 37.1 Å². The number of aryl methyl sites for hydroxylation is 1. The Bertz CT molecular complexity index is 1260. The van der Waals surface area contributed by atoms with Gasteiger partial charge < -0.3 is 24.4 Å². The van der Waals surface area contributed by atoms with Crippen LogP contribution in [0.25, 0.3) is 0 Å². The molecule has 2 fully saturated rings. The molecule has 5 rings (SSSR count). The lowest BCUT2D eigenvalue weighted by Crippen LogP contribution is -2.46. The predicted molar refractivity (Wildman–Crippen MR) is 150 cm³/mol. The van der Waals surface area contributed by atoms with E-state index in [1.165, 1.54) is 0 Å². The Morgan fingerprint density at radius 2 is 2.08 bits per heavy atom. The summed E-state index contributed by atoms with van der Waals surface area (Å²) in [6.07, 6.45) is 6.48. The van der Waals surface area contributed by atoms with Crippen molar-refractivity contribution >= 4 is 31.5 Å². The minimum Gasteiger partial charge on any atom is -0.432 e. The molecule has 1 aromatic carbocycles. The van der Waals surface area contributed by atoms with Crippen molar-refractivity contribution in [1.82, 2.24) is 15.0 Å². The fourth-order valence-electron chi connectivity index (χ4n) is 6.83. The zero-order valence-electron chi connectivity index (χ0n) is 23.0. The third-order valence-electron chi connectivity index (χ3n) is 8.51. The summed E-state index contributed by atoms with van der Waals surface area (Å²) in [6.45, 7) is 11.2. The smallest absolute Gasteiger partial charge is 0.264 e. The molecular weight excluding hydrogens is 514 g/mol. The summed E-state index contributed by atoms with van der Waals surface area (Å²) in [5.41, 5.74) is 1.54. The summed E-state index contributed by atoms with van der Waals surface area (Å²) < 4.78 is 8.59. The molecule has 2 saturated heterocycles. The van der Waals surface area contributed by atoms with Crippen molar-refractivity contribution in [2.24, 2.45) is 5.92 Å². The van der Waals surface area contributed by atoms with Crippen molar-refractivity contribution in [3.05, 3.63) is 48.3 Å². The van der Waals surface area contributed by atoms with E-state index < -0.39 is 13.9 Å². The molecule has 0 bridgehead atoms. The third-order valence-corrected chi connectivity index (χ3v) is 11.0. The molecule has 0 unspecified atom stereocenters. The first kappa shape index (κ1) is 27.7. The fourth-order valence-corrected chi connectivity index (χ4v) is 9.43. The van der Waals surface area contributed by atoms with Gasteiger partial charge in [0.25, 0.3) is 5.91 Å². The summed E-state index contributed by atoms with van der Waals surface area (Å²) >= 11 is 0. The Balaban J connectivity index is 1.53. The van der Waals surface area contributed by atoms with Crippen molar-refractivity contribution in [2.45, 2.75) is 75.9 Å². The first-order valence-electron chi connectivity index (χ1n) is 13.9. The maximum absolute atomic E-state index is 14.3. The van der Waals surface area contributed by atoms with E-state index in [4.69, 9.17) is 4.74 Å². The van der Waals surface area contributed by atoms with Crippen molar-refractivity contribution in [2.75, 3.05) is 29.5 Å². The van der Waals surface area contributed by atoms with Gasteiger partial charge in [-0.25, -0.2) is 0 Å². The Hall–Kier alpha value is -2.86. The lowest BCUT2D eigenvalue weighted by molar-refractivity contribution is -0.145. The average Bonchev–Trinajstić information content (AvgIpc) is 3.53. The fraction of sp³-hybridized carbons (Fsp3) is 0.571. The average molecular weight is 554 g/mol. The van der Waals surface area contributed by atoms with Crippen LogP contribution in [-0.4, -0.2) is 70.8 Å². The molecule has 11 heteroatoms. The molecule has 39 heavy (non-hydrogen) atoms. The van der Waals surface area contributed by atoms with Crippen molar-refractivity contribution in [1.29, 1.82) is 0 Å². The molecule has 0 saturated carbocycles. The van der Waals surface area contributed by atoms with Crippen LogP contribution in [0.2, 0.25) is 18.6 Å². The molecule has 10 nitrogen and oxygen atoms in total. The number of carbonyl (C=O) groups excluding carboxylic acids is 2. The van der Waals surface area contributed by atoms with E-state index in [1.807, 2.05) is 49.3 Å². The zero-order valence-corrected chi connectivity index (χ0v) is 24.0. The number of hydrogen-bond acceptors (Lipinski definition) is 7. The van der Waals surface area contributed by atoms with Crippen LogP contribution in [0, 0.1) is 5.92 Å². The standard InChI is InChI=1S/C28H39N5O5Si/c1-5-13-33-23-10-9-21(32-14-7-6-8-25(32)35)17-22(23)28(27(33)36)19(2)26(39(3,4)37)24(38-28)11-15-31-18-20(12-16-34)29-30-31/h5,9-10,17-19,24,26,34,37H,1,6-8,11-16H2,2-4H3/t19-,24+,26-,28+/m1/s1. The lowest BCUT2D eigenvalue weighted by atomic mass is 9.82. The van der Waals surface area contributed by atoms with Crippen LogP contribution in [0.3, 0.4) is 0 Å². The van der Waals surface area contributed by atoms with Crippen LogP contribution in [0.1, 0.15) is 43.9 Å². The molecule has 0 aliphatic carbocycles. The maximum atomic E-state index is 14.3. The Morgan fingerprint density at radius 1 is 1.28 bits per heavy atom. The minimum absolute atomic E-state index is 0.00455. The number of amides is 2. The number of fused-ring (bicyclic) bond motifs is 2. The summed E-state index contributed by atoms with van der Waals surface area (Å²) in [5, 5.41) is 17.5. The number of nitrogens with zero attached hydrogens (tertiary/aromatic N) is 5. The Morgan fingerprint density at radius 3 is 2.77 bits per heavy atom. The van der Waals surface area contributed by atoms with Gasteiger partial charge in [0.2, 0.25) is 5.91 Å². The topological polar surface area (TPSA) is 121 Å². The SMILES string of the molecule is C=CCN1C(=O)[C@@]2(O[C@@H](CCn3cc(CCO)nn3)[C@H]([Si](C)(C)O)[C@H]2C)c2cc(N3CCCCC3=O)ccc21. The highest BCUT2D eigenvalue weighted by Gasteiger charge is 2.66. The molecule has 0 radical (unpaired) electrons. The van der Waals surface area contributed by atoms with Gasteiger partial charge in [0.15, 0.2) is 13.9 Å². The van der Waals surface area contributed by atoms with Gasteiger partial charge >= 0.3 is 0 Å². The number of ether oxygens (including phenoxy) is 1. The molecule has 2 aromatic rings. The van der Waals surface area contributed by atoms with E-state index in [1.54, 1.807) is 15.7 Å². The van der Waals surface area contributed by atoms with Crippen LogP contribution in [0.4, 0.5) is 11.4 Å².